The highest BCUT2D eigenvalue weighted by atomic mass is 35.5. The molecule has 0 amide bonds. The summed E-state index contributed by atoms with van der Waals surface area (Å²) >= 11 is 5.95. The molecule has 0 atom stereocenters. The first-order valence-corrected chi connectivity index (χ1v) is 5.33. The zero-order chi connectivity index (χ0) is 11.0. The molecule has 1 aliphatic heterocycles. The summed E-state index contributed by atoms with van der Waals surface area (Å²) in [5.74, 6) is -0.0192. The lowest BCUT2D eigenvalue weighted by Crippen LogP contribution is -2.27. The molecule has 1 aliphatic rings. The van der Waals surface area contributed by atoms with Crippen molar-refractivity contribution in [1.82, 2.24) is 9.88 Å². The maximum Gasteiger partial charge on any atom is 0.162 e. The lowest BCUT2D eigenvalue weighted by atomic mass is 10.0. The van der Waals surface area contributed by atoms with Crippen LogP contribution in [0.3, 0.4) is 0 Å². The number of hydrogen-bond donors (Lipinski definition) is 0. The van der Waals surface area contributed by atoms with Crippen LogP contribution in [0.15, 0.2) is 6.07 Å². The summed E-state index contributed by atoms with van der Waals surface area (Å²) in [5.41, 5.74) is 2.70. The van der Waals surface area contributed by atoms with Gasteiger partial charge < -0.3 is 4.90 Å². The van der Waals surface area contributed by atoms with E-state index < -0.39 is 0 Å². The van der Waals surface area contributed by atoms with Gasteiger partial charge in [-0.05, 0) is 32.0 Å². The Balaban J connectivity index is 2.46. The summed E-state index contributed by atoms with van der Waals surface area (Å²) in [6.07, 6.45) is 0.941. The van der Waals surface area contributed by atoms with Gasteiger partial charge in [0.05, 0.1) is 11.3 Å². The van der Waals surface area contributed by atoms with Gasteiger partial charge in [0.1, 0.15) is 5.15 Å². The van der Waals surface area contributed by atoms with Crippen molar-refractivity contribution in [2.75, 3.05) is 13.6 Å². The monoisotopic (exact) mass is 224 g/mol. The third kappa shape index (κ3) is 2.03. The number of fused-ring (bicyclic) bond motifs is 1. The molecular weight excluding hydrogens is 212 g/mol. The standard InChI is InChI=1S/C11H13ClN2O/c1-7(15)9-5-8-3-4-14(2)6-10(8)13-11(9)12/h5H,3-4,6H2,1-2H3. The third-order valence-corrected chi connectivity index (χ3v) is 2.99. The van der Waals surface area contributed by atoms with Crippen LogP contribution in [-0.2, 0) is 13.0 Å². The van der Waals surface area contributed by atoms with Crippen molar-refractivity contribution >= 4 is 17.4 Å². The Hall–Kier alpha value is -0.930. The molecule has 2 rings (SSSR count). The summed E-state index contributed by atoms with van der Waals surface area (Å²) in [6.45, 7) is 3.34. The highest BCUT2D eigenvalue weighted by Crippen LogP contribution is 2.22. The third-order valence-electron chi connectivity index (χ3n) is 2.71. The number of carbonyl (C=O) groups excluding carboxylic acids is 1. The van der Waals surface area contributed by atoms with Crippen molar-refractivity contribution in [3.05, 3.63) is 28.0 Å². The fourth-order valence-corrected chi connectivity index (χ4v) is 2.10. The second kappa shape index (κ2) is 3.91. The minimum atomic E-state index is -0.0192. The van der Waals surface area contributed by atoms with Gasteiger partial charge in [-0.1, -0.05) is 11.6 Å². The van der Waals surface area contributed by atoms with Crippen LogP contribution in [0.25, 0.3) is 0 Å². The van der Waals surface area contributed by atoms with E-state index in [0.717, 1.165) is 30.8 Å². The molecule has 3 nitrogen and oxygen atoms in total. The number of carbonyl (C=O) groups is 1. The van der Waals surface area contributed by atoms with Crippen molar-refractivity contribution in [2.45, 2.75) is 19.9 Å². The zero-order valence-electron chi connectivity index (χ0n) is 8.88. The van der Waals surface area contributed by atoms with Crippen LogP contribution in [0.5, 0.6) is 0 Å². The first kappa shape index (κ1) is 10.6. The first-order chi connectivity index (χ1) is 7.08. The summed E-state index contributed by atoms with van der Waals surface area (Å²) in [4.78, 5) is 17.8. The Morgan fingerprint density at radius 1 is 1.60 bits per heavy atom. The van der Waals surface area contributed by atoms with Crippen LogP contribution in [-0.4, -0.2) is 29.3 Å². The molecule has 0 saturated heterocycles. The fraction of sp³-hybridized carbons (Fsp3) is 0.455. The number of Topliss-reactive ketones (excluding diaryl/α,β-unsaturated/α-hetero) is 1. The topological polar surface area (TPSA) is 33.2 Å². The summed E-state index contributed by atoms with van der Waals surface area (Å²) in [7, 11) is 2.05. The van der Waals surface area contributed by atoms with E-state index >= 15 is 0 Å². The van der Waals surface area contributed by atoms with Gasteiger partial charge in [-0.15, -0.1) is 0 Å². The normalized spacial score (nSPS) is 16.2. The van der Waals surface area contributed by atoms with Crippen molar-refractivity contribution < 1.29 is 4.79 Å². The molecule has 0 unspecified atom stereocenters. The van der Waals surface area contributed by atoms with Gasteiger partial charge in [0.15, 0.2) is 5.78 Å². The van der Waals surface area contributed by atoms with Crippen molar-refractivity contribution in [3.63, 3.8) is 0 Å². The van der Waals surface area contributed by atoms with Gasteiger partial charge in [-0.3, -0.25) is 4.79 Å². The second-order valence-corrected chi connectivity index (χ2v) is 4.33. The zero-order valence-corrected chi connectivity index (χ0v) is 9.64. The van der Waals surface area contributed by atoms with Crippen molar-refractivity contribution in [1.29, 1.82) is 0 Å². The van der Waals surface area contributed by atoms with Crippen LogP contribution < -0.4 is 0 Å². The average molecular weight is 225 g/mol. The molecule has 0 N–H and O–H groups in total. The minimum Gasteiger partial charge on any atom is -0.300 e. The summed E-state index contributed by atoms with van der Waals surface area (Å²) < 4.78 is 0. The molecule has 0 aromatic carbocycles. The number of nitrogens with zero attached hydrogens (tertiary/aromatic N) is 2. The predicted octanol–water partition coefficient (Wildman–Crippen LogP) is 1.93. The van der Waals surface area contributed by atoms with Gasteiger partial charge in [-0.2, -0.15) is 0 Å². The molecule has 1 aromatic heterocycles. The van der Waals surface area contributed by atoms with E-state index in [1.807, 2.05) is 6.07 Å². The Bertz CT molecular complexity index is 417. The van der Waals surface area contributed by atoms with Crippen LogP contribution in [0.2, 0.25) is 5.15 Å². The highest BCUT2D eigenvalue weighted by Gasteiger charge is 2.18. The number of rotatable bonds is 1. The highest BCUT2D eigenvalue weighted by molar-refractivity contribution is 6.32. The number of aromatic nitrogens is 1. The van der Waals surface area contributed by atoms with E-state index in [0.29, 0.717) is 10.7 Å². The van der Waals surface area contributed by atoms with E-state index in [4.69, 9.17) is 11.6 Å². The van der Waals surface area contributed by atoms with E-state index in [-0.39, 0.29) is 5.78 Å². The largest absolute Gasteiger partial charge is 0.300 e. The fourth-order valence-electron chi connectivity index (χ4n) is 1.81. The Labute approximate surface area is 94.1 Å². The molecule has 0 fully saturated rings. The maximum atomic E-state index is 11.3. The number of ketones is 1. The van der Waals surface area contributed by atoms with Crippen LogP contribution in [0.1, 0.15) is 28.5 Å². The Morgan fingerprint density at radius 3 is 3.00 bits per heavy atom. The number of likely N-dealkylation sites (N-methyl/N-ethyl adjacent to an activating group) is 1. The van der Waals surface area contributed by atoms with Crippen LogP contribution >= 0.6 is 11.6 Å². The molecule has 80 valence electrons. The molecular formula is C11H13ClN2O. The molecule has 0 aliphatic carbocycles. The smallest absolute Gasteiger partial charge is 0.162 e. The van der Waals surface area contributed by atoms with E-state index in [9.17, 15) is 4.79 Å². The second-order valence-electron chi connectivity index (χ2n) is 3.98. The first-order valence-electron chi connectivity index (χ1n) is 4.95. The van der Waals surface area contributed by atoms with Gasteiger partial charge in [0.2, 0.25) is 0 Å². The van der Waals surface area contributed by atoms with Crippen molar-refractivity contribution in [3.8, 4) is 0 Å². The van der Waals surface area contributed by atoms with E-state index in [1.54, 1.807) is 0 Å². The molecule has 0 radical (unpaired) electrons. The van der Waals surface area contributed by atoms with Crippen LogP contribution in [0.4, 0.5) is 0 Å². The molecule has 4 heteroatoms. The van der Waals surface area contributed by atoms with Gasteiger partial charge in [-0.25, -0.2) is 4.98 Å². The molecule has 0 bridgehead atoms. The molecule has 1 aromatic rings. The lowest BCUT2D eigenvalue weighted by molar-refractivity contribution is 0.101. The predicted molar refractivity (Wildman–Crippen MR) is 59.3 cm³/mol. The van der Waals surface area contributed by atoms with E-state index in [2.05, 4.69) is 16.9 Å². The lowest BCUT2D eigenvalue weighted by Gasteiger charge is -2.24. The maximum absolute atomic E-state index is 11.3. The molecule has 0 spiro atoms. The number of hydrogen-bond acceptors (Lipinski definition) is 3. The summed E-state index contributed by atoms with van der Waals surface area (Å²) in [6, 6.07) is 1.89. The van der Waals surface area contributed by atoms with Gasteiger partial charge in [0, 0.05) is 13.1 Å². The van der Waals surface area contributed by atoms with Gasteiger partial charge >= 0.3 is 0 Å². The molecule has 0 saturated carbocycles. The average Bonchev–Trinajstić information content (AvgIpc) is 2.15. The Kier molecular flexibility index (Phi) is 2.76. The SMILES string of the molecule is CC(=O)c1cc2c(nc1Cl)CN(C)CC2. The van der Waals surface area contributed by atoms with Gasteiger partial charge in [0.25, 0.3) is 0 Å². The quantitative estimate of drug-likeness (QED) is 0.540. The minimum absolute atomic E-state index is 0.0192. The Morgan fingerprint density at radius 2 is 2.33 bits per heavy atom. The summed E-state index contributed by atoms with van der Waals surface area (Å²) in [5, 5.41) is 0.330. The van der Waals surface area contributed by atoms with Crippen molar-refractivity contribution in [2.24, 2.45) is 0 Å². The molecule has 15 heavy (non-hydrogen) atoms. The van der Waals surface area contributed by atoms with Crippen LogP contribution in [0, 0.1) is 0 Å². The number of halogens is 1. The van der Waals surface area contributed by atoms with E-state index in [1.165, 1.54) is 6.92 Å². The molecule has 2 heterocycles. The number of pyridine rings is 1.